The SMILES string of the molecule is CCCCC[C@]12CCC[C@H]1CC(=O)O2. The summed E-state index contributed by atoms with van der Waals surface area (Å²) in [6.45, 7) is 2.21. The minimum atomic E-state index is -0.0216. The van der Waals surface area contributed by atoms with Gasteiger partial charge in [-0.1, -0.05) is 19.8 Å². The van der Waals surface area contributed by atoms with Crippen molar-refractivity contribution in [3.63, 3.8) is 0 Å². The van der Waals surface area contributed by atoms with Crippen LogP contribution >= 0.6 is 0 Å². The first kappa shape index (κ1) is 10.0. The predicted molar refractivity (Wildman–Crippen MR) is 54.9 cm³/mol. The Morgan fingerprint density at radius 3 is 3.14 bits per heavy atom. The van der Waals surface area contributed by atoms with Gasteiger partial charge in [-0.05, 0) is 32.1 Å². The Bertz CT molecular complexity index is 224. The van der Waals surface area contributed by atoms with E-state index in [0.717, 1.165) is 12.8 Å². The van der Waals surface area contributed by atoms with Crippen LogP contribution in [-0.4, -0.2) is 11.6 Å². The lowest BCUT2D eigenvalue weighted by molar-refractivity contribution is -0.149. The van der Waals surface area contributed by atoms with Crippen LogP contribution in [0.5, 0.6) is 0 Å². The highest BCUT2D eigenvalue weighted by atomic mass is 16.6. The van der Waals surface area contributed by atoms with Gasteiger partial charge in [0.1, 0.15) is 5.60 Å². The standard InChI is InChI=1S/C12H20O2/c1-2-3-4-7-12-8-5-6-10(12)9-11(13)14-12/h10H,2-9H2,1H3/t10-,12-/m0/s1. The number of carbonyl (C=O) groups is 1. The van der Waals surface area contributed by atoms with Crippen LogP contribution in [0, 0.1) is 5.92 Å². The Kier molecular flexibility index (Phi) is 2.80. The summed E-state index contributed by atoms with van der Waals surface area (Å²) in [6, 6.07) is 0. The van der Waals surface area contributed by atoms with Crippen molar-refractivity contribution in [1.29, 1.82) is 0 Å². The van der Waals surface area contributed by atoms with Gasteiger partial charge in [0.2, 0.25) is 0 Å². The lowest BCUT2D eigenvalue weighted by atomic mass is 9.86. The van der Waals surface area contributed by atoms with E-state index in [0.29, 0.717) is 12.3 Å². The summed E-state index contributed by atoms with van der Waals surface area (Å²) in [5.41, 5.74) is -0.0216. The topological polar surface area (TPSA) is 26.3 Å². The molecule has 2 atom stereocenters. The fourth-order valence-corrected chi connectivity index (χ4v) is 3.06. The molecule has 2 fully saturated rings. The van der Waals surface area contributed by atoms with E-state index in [1.807, 2.05) is 0 Å². The van der Waals surface area contributed by atoms with E-state index in [1.165, 1.54) is 32.1 Å². The summed E-state index contributed by atoms with van der Waals surface area (Å²) < 4.78 is 5.58. The van der Waals surface area contributed by atoms with Crippen LogP contribution in [0.3, 0.4) is 0 Å². The average molecular weight is 196 g/mol. The minimum absolute atomic E-state index is 0.0216. The Morgan fingerprint density at radius 1 is 1.50 bits per heavy atom. The Morgan fingerprint density at radius 2 is 2.36 bits per heavy atom. The molecule has 0 spiro atoms. The van der Waals surface area contributed by atoms with Gasteiger partial charge >= 0.3 is 5.97 Å². The van der Waals surface area contributed by atoms with E-state index >= 15 is 0 Å². The van der Waals surface area contributed by atoms with Gasteiger partial charge in [0.15, 0.2) is 0 Å². The Hall–Kier alpha value is -0.530. The fourth-order valence-electron chi connectivity index (χ4n) is 3.06. The maximum atomic E-state index is 11.3. The van der Waals surface area contributed by atoms with E-state index in [1.54, 1.807) is 0 Å². The molecule has 2 heteroatoms. The molecule has 80 valence electrons. The van der Waals surface area contributed by atoms with Crippen molar-refractivity contribution in [3.05, 3.63) is 0 Å². The monoisotopic (exact) mass is 196 g/mol. The number of rotatable bonds is 4. The first-order valence-corrected chi connectivity index (χ1v) is 5.99. The molecule has 0 unspecified atom stereocenters. The zero-order chi connectivity index (χ0) is 10.0. The molecule has 1 aliphatic heterocycles. The van der Waals surface area contributed by atoms with Gasteiger partial charge in [-0.25, -0.2) is 0 Å². The molecule has 1 saturated heterocycles. The summed E-state index contributed by atoms with van der Waals surface area (Å²) in [5, 5.41) is 0. The lowest BCUT2D eigenvalue weighted by Gasteiger charge is -2.27. The van der Waals surface area contributed by atoms with Crippen molar-refractivity contribution in [2.45, 2.75) is 63.9 Å². The molecular weight excluding hydrogens is 176 g/mol. The second-order valence-corrected chi connectivity index (χ2v) is 4.79. The van der Waals surface area contributed by atoms with E-state index in [2.05, 4.69) is 6.92 Å². The van der Waals surface area contributed by atoms with Crippen LogP contribution in [-0.2, 0) is 9.53 Å². The van der Waals surface area contributed by atoms with Crippen molar-refractivity contribution >= 4 is 5.97 Å². The number of unbranched alkanes of at least 4 members (excludes halogenated alkanes) is 2. The number of hydrogen-bond donors (Lipinski definition) is 0. The second kappa shape index (κ2) is 3.92. The molecule has 2 rings (SSSR count). The molecule has 0 aromatic rings. The van der Waals surface area contributed by atoms with Crippen molar-refractivity contribution in [3.8, 4) is 0 Å². The molecule has 2 nitrogen and oxygen atoms in total. The maximum Gasteiger partial charge on any atom is 0.306 e. The number of carbonyl (C=O) groups excluding carboxylic acids is 1. The molecule has 14 heavy (non-hydrogen) atoms. The minimum Gasteiger partial charge on any atom is -0.459 e. The van der Waals surface area contributed by atoms with Gasteiger partial charge in [-0.3, -0.25) is 4.79 Å². The second-order valence-electron chi connectivity index (χ2n) is 4.79. The van der Waals surface area contributed by atoms with Crippen LogP contribution in [0.25, 0.3) is 0 Å². The Labute approximate surface area is 86.0 Å². The smallest absolute Gasteiger partial charge is 0.306 e. The molecule has 1 heterocycles. The summed E-state index contributed by atoms with van der Waals surface area (Å²) >= 11 is 0. The van der Waals surface area contributed by atoms with Crippen LogP contribution in [0.15, 0.2) is 0 Å². The van der Waals surface area contributed by atoms with E-state index in [4.69, 9.17) is 4.74 Å². The highest BCUT2D eigenvalue weighted by molar-refractivity contribution is 5.73. The third kappa shape index (κ3) is 1.67. The van der Waals surface area contributed by atoms with Crippen molar-refractivity contribution in [1.82, 2.24) is 0 Å². The van der Waals surface area contributed by atoms with Gasteiger partial charge in [0.05, 0.1) is 6.42 Å². The third-order valence-corrected chi connectivity index (χ3v) is 3.83. The molecule has 0 radical (unpaired) electrons. The number of esters is 1. The molecular formula is C12H20O2. The van der Waals surface area contributed by atoms with Crippen molar-refractivity contribution in [2.24, 2.45) is 5.92 Å². The van der Waals surface area contributed by atoms with Crippen LogP contribution in [0.1, 0.15) is 58.3 Å². The Balaban J connectivity index is 1.94. The summed E-state index contributed by atoms with van der Waals surface area (Å²) in [6.07, 6.45) is 9.11. The van der Waals surface area contributed by atoms with E-state index in [9.17, 15) is 4.79 Å². The number of fused-ring (bicyclic) bond motifs is 1. The zero-order valence-corrected chi connectivity index (χ0v) is 9.05. The predicted octanol–water partition coefficient (Wildman–Crippen LogP) is 3.05. The van der Waals surface area contributed by atoms with Crippen molar-refractivity contribution < 1.29 is 9.53 Å². The molecule has 0 N–H and O–H groups in total. The fraction of sp³-hybridized carbons (Fsp3) is 0.917. The third-order valence-electron chi connectivity index (χ3n) is 3.83. The van der Waals surface area contributed by atoms with Gasteiger partial charge in [0.25, 0.3) is 0 Å². The van der Waals surface area contributed by atoms with Gasteiger partial charge in [-0.15, -0.1) is 0 Å². The first-order valence-electron chi connectivity index (χ1n) is 5.99. The molecule has 0 aromatic heterocycles. The van der Waals surface area contributed by atoms with Crippen LogP contribution < -0.4 is 0 Å². The lowest BCUT2D eigenvalue weighted by Crippen LogP contribution is -2.30. The van der Waals surface area contributed by atoms with Crippen LogP contribution in [0.4, 0.5) is 0 Å². The molecule has 2 aliphatic rings. The average Bonchev–Trinajstić information content (AvgIpc) is 2.60. The first-order chi connectivity index (χ1) is 6.77. The van der Waals surface area contributed by atoms with Gasteiger partial charge < -0.3 is 4.74 Å². The molecule has 1 saturated carbocycles. The molecule has 0 aromatic carbocycles. The molecule has 1 aliphatic carbocycles. The van der Waals surface area contributed by atoms with Gasteiger partial charge in [0, 0.05) is 5.92 Å². The summed E-state index contributed by atoms with van der Waals surface area (Å²) in [5.74, 6) is 0.595. The molecule has 0 bridgehead atoms. The largest absolute Gasteiger partial charge is 0.459 e. The van der Waals surface area contributed by atoms with Crippen LogP contribution in [0.2, 0.25) is 0 Å². The highest BCUT2D eigenvalue weighted by Gasteiger charge is 2.51. The summed E-state index contributed by atoms with van der Waals surface area (Å²) in [4.78, 5) is 11.3. The van der Waals surface area contributed by atoms with Gasteiger partial charge in [-0.2, -0.15) is 0 Å². The van der Waals surface area contributed by atoms with E-state index in [-0.39, 0.29) is 11.6 Å². The summed E-state index contributed by atoms with van der Waals surface area (Å²) in [7, 11) is 0. The zero-order valence-electron chi connectivity index (χ0n) is 9.05. The number of hydrogen-bond acceptors (Lipinski definition) is 2. The maximum absolute atomic E-state index is 11.3. The normalized spacial score (nSPS) is 35.8. The number of ether oxygens (including phenoxy) is 1. The van der Waals surface area contributed by atoms with Crippen molar-refractivity contribution in [2.75, 3.05) is 0 Å². The van der Waals surface area contributed by atoms with E-state index < -0.39 is 0 Å². The molecule has 0 amide bonds. The highest BCUT2D eigenvalue weighted by Crippen LogP contribution is 2.48. The quantitative estimate of drug-likeness (QED) is 0.510.